The van der Waals surface area contributed by atoms with Crippen LogP contribution in [0.25, 0.3) is 6.08 Å². The van der Waals surface area contributed by atoms with Crippen molar-refractivity contribution in [3.05, 3.63) is 40.9 Å². The van der Waals surface area contributed by atoms with Gasteiger partial charge in [-0.05, 0) is 43.1 Å². The average Bonchev–Trinajstić information content (AvgIpc) is 2.47. The Labute approximate surface area is 125 Å². The molecule has 1 aromatic carbocycles. The fraction of sp³-hybridized carbons (Fsp3) is 0.438. The van der Waals surface area contributed by atoms with Crippen LogP contribution in [0.15, 0.2) is 29.8 Å². The van der Waals surface area contributed by atoms with Crippen molar-refractivity contribution in [1.82, 2.24) is 4.90 Å². The molecule has 1 aliphatic heterocycles. The molecule has 0 radical (unpaired) electrons. The number of nitrogens with zero attached hydrogens (tertiary/aromatic N) is 1. The van der Waals surface area contributed by atoms with Gasteiger partial charge in [-0.15, -0.1) is 0 Å². The van der Waals surface area contributed by atoms with E-state index in [1.54, 1.807) is 0 Å². The van der Waals surface area contributed by atoms with Crippen LogP contribution in [0.1, 0.15) is 23.5 Å². The first-order valence-corrected chi connectivity index (χ1v) is 7.22. The molecule has 0 amide bonds. The quantitative estimate of drug-likeness (QED) is 0.802. The minimum atomic E-state index is -0.119. The maximum atomic E-state index is 12.0. The van der Waals surface area contributed by atoms with Crippen molar-refractivity contribution >= 4 is 23.6 Å². The van der Waals surface area contributed by atoms with Crippen molar-refractivity contribution in [3.63, 3.8) is 0 Å². The average molecular weight is 294 g/mol. The number of ether oxygens (including phenoxy) is 1. The summed E-state index contributed by atoms with van der Waals surface area (Å²) >= 11 is 5.58. The highest BCUT2D eigenvalue weighted by Crippen LogP contribution is 2.33. The molecule has 4 heteroatoms. The standard InChI is InChI=1S/C16H20ClNO2/c1-18-10-8-14(15(11-18)16(19)20-2)13-5-3-12(4-6-13)7-9-17/h3-7,9,14-15H,8,10-11H2,1-2H3/t14-,15?/m1/s1. The third-order valence-corrected chi connectivity index (χ3v) is 4.07. The predicted molar refractivity (Wildman–Crippen MR) is 81.7 cm³/mol. The number of halogens is 1. The van der Waals surface area contributed by atoms with Gasteiger partial charge in [-0.1, -0.05) is 35.9 Å². The number of benzene rings is 1. The SMILES string of the molecule is COC(=O)C1CN(C)CC[C@@H]1c1ccc(C=CCl)cc1. The molecule has 1 saturated heterocycles. The number of methoxy groups -OCH3 is 1. The van der Waals surface area contributed by atoms with E-state index in [4.69, 9.17) is 16.3 Å². The summed E-state index contributed by atoms with van der Waals surface area (Å²) < 4.78 is 4.96. The zero-order valence-corrected chi connectivity index (χ0v) is 12.6. The van der Waals surface area contributed by atoms with Gasteiger partial charge in [0.2, 0.25) is 0 Å². The minimum Gasteiger partial charge on any atom is -0.469 e. The molecular weight excluding hydrogens is 274 g/mol. The molecule has 2 atom stereocenters. The fourth-order valence-corrected chi connectivity index (χ4v) is 2.98. The van der Waals surface area contributed by atoms with Crippen LogP contribution in [0.3, 0.4) is 0 Å². The van der Waals surface area contributed by atoms with Gasteiger partial charge in [0, 0.05) is 12.1 Å². The molecule has 2 rings (SSSR count). The van der Waals surface area contributed by atoms with Crippen LogP contribution >= 0.6 is 11.6 Å². The number of likely N-dealkylation sites (tertiary alicyclic amines) is 1. The van der Waals surface area contributed by atoms with E-state index in [1.807, 2.05) is 25.3 Å². The molecule has 0 N–H and O–H groups in total. The third kappa shape index (κ3) is 3.41. The normalized spacial score (nSPS) is 23.9. The molecule has 0 aliphatic carbocycles. The Morgan fingerprint density at radius 1 is 1.40 bits per heavy atom. The summed E-state index contributed by atoms with van der Waals surface area (Å²) in [6.45, 7) is 1.75. The molecule has 0 aromatic heterocycles. The Kier molecular flexibility index (Phi) is 5.21. The van der Waals surface area contributed by atoms with E-state index in [0.29, 0.717) is 0 Å². The van der Waals surface area contributed by atoms with Gasteiger partial charge in [0.05, 0.1) is 13.0 Å². The summed E-state index contributed by atoms with van der Waals surface area (Å²) in [6.07, 6.45) is 2.82. The maximum Gasteiger partial charge on any atom is 0.310 e. The minimum absolute atomic E-state index is 0.0897. The summed E-state index contributed by atoms with van der Waals surface area (Å²) in [5.74, 6) is 0.0205. The van der Waals surface area contributed by atoms with Crippen LogP contribution in [0.5, 0.6) is 0 Å². The Morgan fingerprint density at radius 3 is 2.70 bits per heavy atom. The van der Waals surface area contributed by atoms with E-state index in [9.17, 15) is 4.79 Å². The number of piperidine rings is 1. The zero-order valence-electron chi connectivity index (χ0n) is 11.9. The van der Waals surface area contributed by atoms with Crippen LogP contribution in [-0.2, 0) is 9.53 Å². The first-order valence-electron chi connectivity index (χ1n) is 6.78. The molecule has 1 fully saturated rings. The molecule has 3 nitrogen and oxygen atoms in total. The first kappa shape index (κ1) is 15.1. The lowest BCUT2D eigenvalue weighted by Gasteiger charge is -2.35. The van der Waals surface area contributed by atoms with E-state index in [2.05, 4.69) is 17.0 Å². The van der Waals surface area contributed by atoms with Crippen molar-refractivity contribution < 1.29 is 9.53 Å². The topological polar surface area (TPSA) is 29.5 Å². The second-order valence-corrected chi connectivity index (χ2v) is 5.50. The van der Waals surface area contributed by atoms with Gasteiger partial charge in [0.25, 0.3) is 0 Å². The lowest BCUT2D eigenvalue weighted by Crippen LogP contribution is -2.41. The molecule has 108 valence electrons. The van der Waals surface area contributed by atoms with E-state index in [-0.39, 0.29) is 17.8 Å². The van der Waals surface area contributed by atoms with Crippen LogP contribution < -0.4 is 0 Å². The highest BCUT2D eigenvalue weighted by Gasteiger charge is 2.34. The number of hydrogen-bond acceptors (Lipinski definition) is 3. The van der Waals surface area contributed by atoms with Crippen molar-refractivity contribution in [2.45, 2.75) is 12.3 Å². The van der Waals surface area contributed by atoms with Gasteiger partial charge < -0.3 is 9.64 Å². The second-order valence-electron chi connectivity index (χ2n) is 5.25. The predicted octanol–water partition coefficient (Wildman–Crippen LogP) is 3.10. The number of carbonyl (C=O) groups excluding carboxylic acids is 1. The summed E-state index contributed by atoms with van der Waals surface area (Å²) in [5.41, 5.74) is 3.76. The van der Waals surface area contributed by atoms with Gasteiger partial charge in [-0.2, -0.15) is 0 Å². The number of hydrogen-bond donors (Lipinski definition) is 0. The summed E-state index contributed by atoms with van der Waals surface area (Å²) in [4.78, 5) is 14.2. The highest BCUT2D eigenvalue weighted by atomic mass is 35.5. The van der Waals surface area contributed by atoms with Gasteiger partial charge >= 0.3 is 5.97 Å². The Morgan fingerprint density at radius 2 is 2.10 bits per heavy atom. The Bertz CT molecular complexity index is 484. The first-order chi connectivity index (χ1) is 9.65. The Hall–Kier alpha value is -1.32. The largest absolute Gasteiger partial charge is 0.469 e. The maximum absolute atomic E-state index is 12.0. The van der Waals surface area contributed by atoms with E-state index in [0.717, 1.165) is 25.1 Å². The molecule has 0 saturated carbocycles. The molecule has 1 heterocycles. The molecule has 1 aliphatic rings. The van der Waals surface area contributed by atoms with Gasteiger partial charge in [-0.3, -0.25) is 4.79 Å². The van der Waals surface area contributed by atoms with Gasteiger partial charge in [-0.25, -0.2) is 0 Å². The zero-order chi connectivity index (χ0) is 14.5. The number of rotatable bonds is 3. The summed E-state index contributed by atoms with van der Waals surface area (Å²) in [7, 11) is 3.50. The van der Waals surface area contributed by atoms with Crippen LogP contribution in [0, 0.1) is 5.92 Å². The molecule has 1 aromatic rings. The summed E-state index contributed by atoms with van der Waals surface area (Å²) in [5, 5.41) is 0. The second kappa shape index (κ2) is 6.91. The van der Waals surface area contributed by atoms with Crippen molar-refractivity contribution in [1.29, 1.82) is 0 Å². The molecule has 0 spiro atoms. The highest BCUT2D eigenvalue weighted by molar-refractivity contribution is 6.27. The van der Waals surface area contributed by atoms with Crippen LogP contribution in [0.2, 0.25) is 0 Å². The fourth-order valence-electron chi connectivity index (χ4n) is 2.83. The van der Waals surface area contributed by atoms with E-state index >= 15 is 0 Å². The van der Waals surface area contributed by atoms with Gasteiger partial charge in [0.15, 0.2) is 0 Å². The molecule has 1 unspecified atom stereocenters. The van der Waals surface area contributed by atoms with Crippen molar-refractivity contribution in [2.75, 3.05) is 27.2 Å². The van der Waals surface area contributed by atoms with E-state index < -0.39 is 0 Å². The smallest absolute Gasteiger partial charge is 0.310 e. The molecular formula is C16H20ClNO2. The van der Waals surface area contributed by atoms with Crippen molar-refractivity contribution in [3.8, 4) is 0 Å². The monoisotopic (exact) mass is 293 g/mol. The number of esters is 1. The van der Waals surface area contributed by atoms with Crippen LogP contribution in [0.4, 0.5) is 0 Å². The Balaban J connectivity index is 2.21. The van der Waals surface area contributed by atoms with Crippen LogP contribution in [-0.4, -0.2) is 38.1 Å². The molecule has 0 bridgehead atoms. The van der Waals surface area contributed by atoms with Crippen molar-refractivity contribution in [2.24, 2.45) is 5.92 Å². The van der Waals surface area contributed by atoms with E-state index in [1.165, 1.54) is 18.2 Å². The lowest BCUT2D eigenvalue weighted by atomic mass is 9.80. The van der Waals surface area contributed by atoms with Gasteiger partial charge in [0.1, 0.15) is 0 Å². The number of carbonyl (C=O) groups is 1. The third-order valence-electron chi connectivity index (χ3n) is 3.94. The summed E-state index contributed by atoms with van der Waals surface area (Å²) in [6, 6.07) is 8.22. The lowest BCUT2D eigenvalue weighted by molar-refractivity contribution is -0.148. The molecule has 20 heavy (non-hydrogen) atoms.